The van der Waals surface area contributed by atoms with Gasteiger partial charge in [-0.1, -0.05) is 19.8 Å². The van der Waals surface area contributed by atoms with E-state index in [4.69, 9.17) is 5.73 Å². The van der Waals surface area contributed by atoms with Gasteiger partial charge in [0.15, 0.2) is 0 Å². The molecule has 17 heavy (non-hydrogen) atoms. The number of carbonyl (C=O) groups is 1. The van der Waals surface area contributed by atoms with Gasteiger partial charge in [-0.3, -0.25) is 4.79 Å². The van der Waals surface area contributed by atoms with E-state index in [-0.39, 0.29) is 5.41 Å². The molecule has 3 saturated carbocycles. The Kier molecular flexibility index (Phi) is 2.51. The molecule has 0 spiro atoms. The first-order valence-electron chi connectivity index (χ1n) is 7.02. The fourth-order valence-electron chi connectivity index (χ4n) is 5.56. The molecule has 0 radical (unpaired) electrons. The predicted octanol–water partition coefficient (Wildman–Crippen LogP) is 2.11. The molecule has 3 aliphatic carbocycles. The highest BCUT2D eigenvalue weighted by atomic mass is 16.4. The molecule has 3 heteroatoms. The summed E-state index contributed by atoms with van der Waals surface area (Å²) in [5.74, 6) is 2.98. The summed E-state index contributed by atoms with van der Waals surface area (Å²) in [5.41, 5.74) is 5.94. The lowest BCUT2D eigenvalue weighted by molar-refractivity contribution is -0.159. The Labute approximate surface area is 103 Å². The van der Waals surface area contributed by atoms with Crippen molar-refractivity contribution in [3.8, 4) is 0 Å². The van der Waals surface area contributed by atoms with E-state index < -0.39 is 5.97 Å². The number of carboxylic acid groups (broad SMARTS) is 1. The Morgan fingerprint density at radius 2 is 2.18 bits per heavy atom. The molecular weight excluding hydrogens is 214 g/mol. The van der Waals surface area contributed by atoms with Crippen LogP contribution in [0.3, 0.4) is 0 Å². The minimum Gasteiger partial charge on any atom is -0.481 e. The first kappa shape index (κ1) is 11.5. The summed E-state index contributed by atoms with van der Waals surface area (Å²) in [4.78, 5) is 11.1. The Balaban J connectivity index is 1.91. The van der Waals surface area contributed by atoms with Crippen LogP contribution in [0.4, 0.5) is 0 Å². The zero-order chi connectivity index (χ0) is 12.2. The number of rotatable bonds is 3. The van der Waals surface area contributed by atoms with Crippen LogP contribution in [0, 0.1) is 35.0 Å². The standard InChI is InChI=1S/C14H23NO2/c1-8-9-3-2-4-10-13(8)11(5-9)14(10,7-15)6-12(16)17/h8-11,13H,2-7,15H2,1H3,(H,16,17)/t8-,9-,10-,11+,13+,14+/m0/s1. The molecule has 0 aromatic rings. The molecule has 0 amide bonds. The maximum absolute atomic E-state index is 11.1. The van der Waals surface area contributed by atoms with Crippen molar-refractivity contribution in [2.45, 2.75) is 39.0 Å². The fourth-order valence-corrected chi connectivity index (χ4v) is 5.56. The molecule has 6 atom stereocenters. The van der Waals surface area contributed by atoms with Gasteiger partial charge in [0.1, 0.15) is 0 Å². The van der Waals surface area contributed by atoms with E-state index in [2.05, 4.69) is 6.92 Å². The van der Waals surface area contributed by atoms with Crippen molar-refractivity contribution in [3.05, 3.63) is 0 Å². The predicted molar refractivity (Wildman–Crippen MR) is 65.3 cm³/mol. The summed E-state index contributed by atoms with van der Waals surface area (Å²) < 4.78 is 0. The summed E-state index contributed by atoms with van der Waals surface area (Å²) in [5, 5.41) is 9.17. The number of hydrogen-bond donors (Lipinski definition) is 2. The molecule has 0 heterocycles. The van der Waals surface area contributed by atoms with Crippen LogP contribution in [0.15, 0.2) is 0 Å². The molecule has 3 fully saturated rings. The van der Waals surface area contributed by atoms with Crippen molar-refractivity contribution in [1.29, 1.82) is 0 Å². The number of fused-ring (bicyclic) bond motifs is 1. The summed E-state index contributed by atoms with van der Waals surface area (Å²) in [6.45, 7) is 2.96. The lowest BCUT2D eigenvalue weighted by atomic mass is 9.44. The molecular formula is C14H23NO2. The van der Waals surface area contributed by atoms with E-state index in [1.807, 2.05) is 0 Å². The van der Waals surface area contributed by atoms with Crippen LogP contribution in [0.2, 0.25) is 0 Å². The van der Waals surface area contributed by atoms with Crippen molar-refractivity contribution in [2.75, 3.05) is 6.54 Å². The van der Waals surface area contributed by atoms with Crippen LogP contribution < -0.4 is 5.73 Å². The van der Waals surface area contributed by atoms with Gasteiger partial charge in [-0.15, -0.1) is 0 Å². The van der Waals surface area contributed by atoms with Crippen molar-refractivity contribution in [2.24, 2.45) is 40.7 Å². The van der Waals surface area contributed by atoms with E-state index in [1.165, 1.54) is 25.7 Å². The highest BCUT2D eigenvalue weighted by molar-refractivity contribution is 5.68. The zero-order valence-electron chi connectivity index (χ0n) is 10.6. The van der Waals surface area contributed by atoms with Gasteiger partial charge in [-0.25, -0.2) is 0 Å². The lowest BCUT2D eigenvalue weighted by Crippen LogP contribution is -2.60. The van der Waals surface area contributed by atoms with Crippen LogP contribution in [0.5, 0.6) is 0 Å². The van der Waals surface area contributed by atoms with Gasteiger partial charge in [0.05, 0.1) is 6.42 Å². The van der Waals surface area contributed by atoms with E-state index >= 15 is 0 Å². The number of aliphatic carboxylic acids is 1. The van der Waals surface area contributed by atoms with Crippen LogP contribution in [0.1, 0.15) is 39.0 Å². The second-order valence-electron chi connectivity index (χ2n) is 6.58. The lowest BCUT2D eigenvalue weighted by Gasteiger charge is -2.60. The van der Waals surface area contributed by atoms with Crippen LogP contribution in [-0.4, -0.2) is 17.6 Å². The molecule has 0 aromatic heterocycles. The van der Waals surface area contributed by atoms with Crippen LogP contribution in [0.25, 0.3) is 0 Å². The van der Waals surface area contributed by atoms with Gasteiger partial charge in [0.25, 0.3) is 0 Å². The van der Waals surface area contributed by atoms with E-state index in [9.17, 15) is 9.90 Å². The monoisotopic (exact) mass is 237 g/mol. The van der Waals surface area contributed by atoms with Crippen molar-refractivity contribution in [1.82, 2.24) is 0 Å². The highest BCUT2D eigenvalue weighted by Gasteiger charge is 2.66. The van der Waals surface area contributed by atoms with Gasteiger partial charge >= 0.3 is 5.97 Å². The zero-order valence-corrected chi connectivity index (χ0v) is 10.6. The topological polar surface area (TPSA) is 63.3 Å². The Morgan fingerprint density at radius 3 is 2.82 bits per heavy atom. The molecule has 0 aromatic carbocycles. The van der Waals surface area contributed by atoms with Gasteiger partial charge in [-0.05, 0) is 54.4 Å². The first-order chi connectivity index (χ1) is 8.10. The molecule has 2 bridgehead atoms. The molecule has 3 aliphatic rings. The molecule has 0 unspecified atom stereocenters. The Morgan fingerprint density at radius 1 is 1.41 bits per heavy atom. The van der Waals surface area contributed by atoms with Gasteiger partial charge < -0.3 is 10.8 Å². The fraction of sp³-hybridized carbons (Fsp3) is 0.929. The number of nitrogens with two attached hydrogens (primary N) is 1. The van der Waals surface area contributed by atoms with Crippen molar-refractivity contribution >= 4 is 5.97 Å². The Bertz CT molecular complexity index is 343. The SMILES string of the molecule is C[C@H]1[C@H]2CCC[C@H]3[C@@H]1[C@@H](C2)[C@@]3(CN)CC(=O)O. The van der Waals surface area contributed by atoms with Gasteiger partial charge in [-0.2, -0.15) is 0 Å². The quantitative estimate of drug-likeness (QED) is 0.790. The highest BCUT2D eigenvalue weighted by Crippen LogP contribution is 2.70. The number of hydrogen-bond acceptors (Lipinski definition) is 2. The molecule has 3 nitrogen and oxygen atoms in total. The molecule has 0 saturated heterocycles. The Hall–Kier alpha value is -0.570. The smallest absolute Gasteiger partial charge is 0.303 e. The number of carboxylic acids is 1. The second-order valence-corrected chi connectivity index (χ2v) is 6.58. The van der Waals surface area contributed by atoms with E-state index in [0.29, 0.717) is 24.8 Å². The maximum Gasteiger partial charge on any atom is 0.303 e. The summed E-state index contributed by atoms with van der Waals surface area (Å²) in [7, 11) is 0. The van der Waals surface area contributed by atoms with Crippen LogP contribution >= 0.6 is 0 Å². The van der Waals surface area contributed by atoms with Crippen LogP contribution in [-0.2, 0) is 4.79 Å². The summed E-state index contributed by atoms with van der Waals surface area (Å²) in [6, 6.07) is 0. The third-order valence-corrected chi connectivity index (χ3v) is 6.26. The van der Waals surface area contributed by atoms with Gasteiger partial charge in [0, 0.05) is 0 Å². The molecule has 3 rings (SSSR count). The molecule has 0 aliphatic heterocycles. The first-order valence-corrected chi connectivity index (χ1v) is 7.02. The van der Waals surface area contributed by atoms with E-state index in [1.54, 1.807) is 0 Å². The third kappa shape index (κ3) is 1.35. The normalized spacial score (nSPS) is 51.8. The third-order valence-electron chi connectivity index (χ3n) is 6.26. The summed E-state index contributed by atoms with van der Waals surface area (Å²) in [6.07, 6.45) is 5.40. The van der Waals surface area contributed by atoms with Crippen molar-refractivity contribution < 1.29 is 9.90 Å². The summed E-state index contributed by atoms with van der Waals surface area (Å²) >= 11 is 0. The molecule has 96 valence electrons. The van der Waals surface area contributed by atoms with Gasteiger partial charge in [0.2, 0.25) is 0 Å². The average molecular weight is 237 g/mol. The largest absolute Gasteiger partial charge is 0.481 e. The minimum absolute atomic E-state index is 0.0556. The van der Waals surface area contributed by atoms with E-state index in [0.717, 1.165) is 17.8 Å². The second kappa shape index (κ2) is 3.71. The minimum atomic E-state index is -0.657. The molecule has 3 N–H and O–H groups in total. The van der Waals surface area contributed by atoms with Crippen molar-refractivity contribution in [3.63, 3.8) is 0 Å². The average Bonchev–Trinajstić information content (AvgIpc) is 2.42. The maximum atomic E-state index is 11.1.